The summed E-state index contributed by atoms with van der Waals surface area (Å²) in [7, 11) is 0. The van der Waals surface area contributed by atoms with Gasteiger partial charge >= 0.3 is 5.97 Å². The fourth-order valence-corrected chi connectivity index (χ4v) is 5.30. The lowest BCUT2D eigenvalue weighted by atomic mass is 10.0. The van der Waals surface area contributed by atoms with Gasteiger partial charge in [-0.1, -0.05) is 91.7 Å². The van der Waals surface area contributed by atoms with E-state index in [0.29, 0.717) is 63.6 Å². The van der Waals surface area contributed by atoms with E-state index in [1.807, 2.05) is 66.7 Å². The van der Waals surface area contributed by atoms with Crippen molar-refractivity contribution < 1.29 is 29.0 Å². The summed E-state index contributed by atoms with van der Waals surface area (Å²) < 4.78 is 5.61. The van der Waals surface area contributed by atoms with E-state index in [4.69, 9.17) is 4.74 Å². The first-order valence-electron chi connectivity index (χ1n) is 16.5. The third kappa shape index (κ3) is 12.2. The molecule has 1 atom stereocenters. The smallest absolute Gasteiger partial charge is 0.306 e. The van der Waals surface area contributed by atoms with Crippen LogP contribution in [0.2, 0.25) is 0 Å². The van der Waals surface area contributed by atoms with E-state index in [2.05, 4.69) is 15.8 Å². The molecule has 3 aromatic rings. The van der Waals surface area contributed by atoms with Crippen molar-refractivity contribution in [1.82, 2.24) is 10.3 Å². The standard InChI is InChI=1S/C38H44N4O6/c43-34-17-13-12-16-32(34)40-35(44)18-8-1-2-9-19-36(45)41-39-26-29-22-24-30(25-23-29)27-42-33(31-14-6-5-7-15-31)28-48-38(47)21-11-4-3-10-20-37(42)46/h3-7,12-17,22-26,33,43H,1-2,8-11,18-21,27-28H2,(H,40,44)(H,41,45)/b4-3+,39-26+/t33-/m1/s1. The number of rotatable bonds is 13. The maximum absolute atomic E-state index is 13.5. The van der Waals surface area contributed by atoms with Gasteiger partial charge in [-0.05, 0) is 54.5 Å². The lowest BCUT2D eigenvalue weighted by Gasteiger charge is -2.32. The number of carbonyl (C=O) groups excluding carboxylic acids is 4. The number of cyclic esters (lactones) is 1. The van der Waals surface area contributed by atoms with Gasteiger partial charge in [0.15, 0.2) is 0 Å². The summed E-state index contributed by atoms with van der Waals surface area (Å²) in [6.07, 6.45) is 11.0. The maximum Gasteiger partial charge on any atom is 0.306 e. The van der Waals surface area contributed by atoms with Crippen molar-refractivity contribution in [2.75, 3.05) is 11.9 Å². The minimum Gasteiger partial charge on any atom is -0.506 e. The number of carbonyl (C=O) groups is 4. The normalized spacial score (nSPS) is 16.4. The number of unbranched alkanes of at least 4 members (excludes halogenated alkanes) is 3. The van der Waals surface area contributed by atoms with Crippen molar-refractivity contribution in [3.05, 3.63) is 108 Å². The van der Waals surface area contributed by atoms with E-state index in [-0.39, 0.29) is 36.0 Å². The summed E-state index contributed by atoms with van der Waals surface area (Å²) in [6.45, 7) is 0.426. The Bertz CT molecular complexity index is 1550. The fraction of sp³-hybridized carbons (Fsp3) is 0.342. The number of phenolic OH excluding ortho intramolecular Hbond substituents is 1. The highest BCUT2D eigenvalue weighted by atomic mass is 16.5. The Labute approximate surface area is 281 Å². The van der Waals surface area contributed by atoms with Crippen molar-refractivity contribution in [1.29, 1.82) is 0 Å². The molecule has 3 N–H and O–H groups in total. The van der Waals surface area contributed by atoms with Crippen molar-refractivity contribution >= 4 is 35.6 Å². The molecule has 0 unspecified atom stereocenters. The molecule has 0 radical (unpaired) electrons. The zero-order chi connectivity index (χ0) is 34.0. The molecule has 3 amide bonds. The Kier molecular flexibility index (Phi) is 14.4. The van der Waals surface area contributed by atoms with Crippen LogP contribution in [0.1, 0.15) is 86.9 Å². The molecular formula is C38H44N4O6. The molecule has 252 valence electrons. The number of hydrazone groups is 1. The quantitative estimate of drug-likeness (QED) is 0.0477. The summed E-state index contributed by atoms with van der Waals surface area (Å²) in [5.74, 6) is -0.603. The van der Waals surface area contributed by atoms with Gasteiger partial charge < -0.3 is 20.1 Å². The molecule has 0 aromatic heterocycles. The molecule has 1 aliphatic heterocycles. The van der Waals surface area contributed by atoms with Crippen molar-refractivity contribution in [2.45, 2.75) is 76.8 Å². The lowest BCUT2D eigenvalue weighted by molar-refractivity contribution is -0.149. The van der Waals surface area contributed by atoms with Crippen LogP contribution in [-0.2, 0) is 30.5 Å². The first-order chi connectivity index (χ1) is 23.4. The molecule has 10 nitrogen and oxygen atoms in total. The number of aromatic hydroxyl groups is 1. The van der Waals surface area contributed by atoms with Crippen LogP contribution in [0.3, 0.4) is 0 Å². The van der Waals surface area contributed by atoms with Gasteiger partial charge in [0, 0.05) is 32.2 Å². The number of anilines is 1. The van der Waals surface area contributed by atoms with E-state index in [1.165, 1.54) is 6.07 Å². The van der Waals surface area contributed by atoms with Crippen molar-refractivity contribution in [2.24, 2.45) is 5.10 Å². The number of esters is 1. The second-order valence-corrected chi connectivity index (χ2v) is 11.7. The summed E-state index contributed by atoms with van der Waals surface area (Å²) in [6, 6.07) is 23.4. The van der Waals surface area contributed by atoms with Crippen LogP contribution in [0.25, 0.3) is 0 Å². The SMILES string of the molecule is O=C(CCCCCCC(=O)Nc1ccccc1O)N/N=C/c1ccc(CN2C(=O)CC/C=C/CCC(=O)OC[C@@H]2c2ccccc2)cc1. The van der Waals surface area contributed by atoms with E-state index in [9.17, 15) is 24.3 Å². The van der Waals surface area contributed by atoms with Gasteiger partial charge in [-0.25, -0.2) is 5.43 Å². The number of benzene rings is 3. The molecular weight excluding hydrogens is 608 g/mol. The Morgan fingerprint density at radius 1 is 0.833 bits per heavy atom. The topological polar surface area (TPSA) is 137 Å². The summed E-state index contributed by atoms with van der Waals surface area (Å²) in [4.78, 5) is 51.9. The van der Waals surface area contributed by atoms with Gasteiger partial charge in [-0.2, -0.15) is 5.10 Å². The first-order valence-corrected chi connectivity index (χ1v) is 16.5. The number of para-hydroxylation sites is 2. The van der Waals surface area contributed by atoms with Gasteiger partial charge in [0.2, 0.25) is 17.7 Å². The number of allylic oxidation sites excluding steroid dienone is 2. The minimum absolute atomic E-state index is 0.0202. The van der Waals surface area contributed by atoms with E-state index < -0.39 is 6.04 Å². The van der Waals surface area contributed by atoms with Gasteiger partial charge in [-0.15, -0.1) is 0 Å². The van der Waals surface area contributed by atoms with Gasteiger partial charge in [-0.3, -0.25) is 19.2 Å². The van der Waals surface area contributed by atoms with E-state index in [0.717, 1.165) is 29.5 Å². The minimum atomic E-state index is -0.419. The molecule has 3 aromatic carbocycles. The van der Waals surface area contributed by atoms with Gasteiger partial charge in [0.05, 0.1) is 17.9 Å². The number of phenols is 1. The summed E-state index contributed by atoms with van der Waals surface area (Å²) >= 11 is 0. The molecule has 1 aliphatic rings. The molecule has 1 heterocycles. The summed E-state index contributed by atoms with van der Waals surface area (Å²) in [5.41, 5.74) is 5.57. The lowest BCUT2D eigenvalue weighted by Crippen LogP contribution is -2.37. The number of nitrogens with one attached hydrogen (secondary N) is 2. The molecule has 0 bridgehead atoms. The third-order valence-electron chi connectivity index (χ3n) is 7.96. The average Bonchev–Trinajstić information content (AvgIpc) is 3.09. The van der Waals surface area contributed by atoms with Crippen molar-refractivity contribution in [3.63, 3.8) is 0 Å². The average molecular weight is 653 g/mol. The summed E-state index contributed by atoms with van der Waals surface area (Å²) in [5, 5.41) is 16.5. The number of hydrogen-bond donors (Lipinski definition) is 3. The predicted octanol–water partition coefficient (Wildman–Crippen LogP) is 6.56. The monoisotopic (exact) mass is 652 g/mol. The van der Waals surface area contributed by atoms with Crippen LogP contribution in [0.15, 0.2) is 96.1 Å². The largest absolute Gasteiger partial charge is 0.506 e. The van der Waals surface area contributed by atoms with Crippen LogP contribution in [0.5, 0.6) is 5.75 Å². The number of nitrogens with zero attached hydrogens (tertiary/aromatic N) is 2. The highest BCUT2D eigenvalue weighted by Crippen LogP contribution is 2.26. The van der Waals surface area contributed by atoms with Crippen LogP contribution in [0, 0.1) is 0 Å². The molecule has 10 heteroatoms. The highest BCUT2D eigenvalue weighted by molar-refractivity contribution is 5.92. The molecule has 0 fully saturated rings. The Morgan fingerprint density at radius 3 is 2.23 bits per heavy atom. The van der Waals surface area contributed by atoms with Gasteiger partial charge in [0.25, 0.3) is 0 Å². The number of amides is 3. The van der Waals surface area contributed by atoms with Gasteiger partial charge in [0.1, 0.15) is 12.4 Å². The van der Waals surface area contributed by atoms with Crippen LogP contribution in [-0.4, -0.2) is 46.5 Å². The molecule has 0 spiro atoms. The van der Waals surface area contributed by atoms with E-state index >= 15 is 0 Å². The predicted molar refractivity (Wildman–Crippen MR) is 185 cm³/mol. The van der Waals surface area contributed by atoms with Crippen LogP contribution < -0.4 is 10.7 Å². The zero-order valence-electron chi connectivity index (χ0n) is 27.2. The number of ether oxygens (including phenoxy) is 1. The molecule has 0 saturated heterocycles. The second kappa shape index (κ2) is 19.4. The Morgan fingerprint density at radius 2 is 1.50 bits per heavy atom. The van der Waals surface area contributed by atoms with E-state index in [1.54, 1.807) is 29.3 Å². The second-order valence-electron chi connectivity index (χ2n) is 11.7. The first kappa shape index (κ1) is 35.6. The maximum atomic E-state index is 13.5. The Hall–Kier alpha value is -5.25. The molecule has 0 saturated carbocycles. The highest BCUT2D eigenvalue weighted by Gasteiger charge is 2.27. The molecule has 0 aliphatic carbocycles. The van der Waals surface area contributed by atoms with Crippen LogP contribution >= 0.6 is 0 Å². The Balaban J connectivity index is 1.23. The number of hydrogen-bond acceptors (Lipinski definition) is 7. The van der Waals surface area contributed by atoms with Crippen molar-refractivity contribution in [3.8, 4) is 5.75 Å². The molecule has 48 heavy (non-hydrogen) atoms. The zero-order valence-corrected chi connectivity index (χ0v) is 27.2. The third-order valence-corrected chi connectivity index (χ3v) is 7.96. The van der Waals surface area contributed by atoms with Crippen LogP contribution in [0.4, 0.5) is 5.69 Å². The fourth-order valence-electron chi connectivity index (χ4n) is 5.30. The molecule has 4 rings (SSSR count).